The van der Waals surface area contributed by atoms with Gasteiger partial charge in [0.1, 0.15) is 6.33 Å². The first kappa shape index (κ1) is 14.1. The zero-order valence-electron chi connectivity index (χ0n) is 11.5. The molecule has 0 saturated heterocycles. The standard InChI is InChI=1S/C13H11N5O3S/c1-2-21-12-10(18(19)20)11(14-7-15-12)17-13-16-8-5-3-4-6-9(8)22-13/h3-7H,2H2,1H3,(H,14,15,16,17). The SMILES string of the molecule is CCOc1ncnc(Nc2nc3ccccc3s2)c1[N+](=O)[O-]. The molecule has 22 heavy (non-hydrogen) atoms. The minimum absolute atomic E-state index is 0.0579. The molecule has 0 fully saturated rings. The van der Waals surface area contributed by atoms with E-state index in [9.17, 15) is 10.1 Å². The lowest BCUT2D eigenvalue weighted by molar-refractivity contribution is -0.385. The number of hydrogen-bond acceptors (Lipinski definition) is 8. The van der Waals surface area contributed by atoms with Crippen LogP contribution in [0.3, 0.4) is 0 Å². The number of ether oxygens (including phenoxy) is 1. The molecule has 0 unspecified atom stereocenters. The van der Waals surface area contributed by atoms with Crippen molar-refractivity contribution in [1.82, 2.24) is 15.0 Å². The first-order chi connectivity index (χ1) is 10.7. The van der Waals surface area contributed by atoms with Crippen LogP contribution in [0.25, 0.3) is 10.2 Å². The van der Waals surface area contributed by atoms with Crippen LogP contribution in [-0.2, 0) is 0 Å². The third kappa shape index (κ3) is 2.66. The van der Waals surface area contributed by atoms with Gasteiger partial charge in [-0.15, -0.1) is 0 Å². The zero-order chi connectivity index (χ0) is 15.5. The fourth-order valence-corrected chi connectivity index (χ4v) is 2.75. The molecule has 0 amide bonds. The molecule has 0 bridgehead atoms. The molecule has 3 rings (SSSR count). The maximum Gasteiger partial charge on any atom is 0.373 e. The number of rotatable bonds is 5. The number of benzene rings is 1. The van der Waals surface area contributed by atoms with E-state index >= 15 is 0 Å². The molecule has 1 N–H and O–H groups in total. The van der Waals surface area contributed by atoms with E-state index < -0.39 is 4.92 Å². The number of hydrogen-bond donors (Lipinski definition) is 1. The van der Waals surface area contributed by atoms with Crippen molar-refractivity contribution < 1.29 is 9.66 Å². The molecular formula is C13H11N5O3S. The van der Waals surface area contributed by atoms with E-state index in [0.29, 0.717) is 5.13 Å². The minimum Gasteiger partial charge on any atom is -0.473 e. The molecule has 0 radical (unpaired) electrons. The molecule has 0 aliphatic heterocycles. The summed E-state index contributed by atoms with van der Waals surface area (Å²) in [6.07, 6.45) is 1.22. The Balaban J connectivity index is 2.00. The van der Waals surface area contributed by atoms with Crippen LogP contribution in [0.15, 0.2) is 30.6 Å². The van der Waals surface area contributed by atoms with Crippen molar-refractivity contribution in [3.63, 3.8) is 0 Å². The third-order valence-corrected chi connectivity index (χ3v) is 3.72. The summed E-state index contributed by atoms with van der Waals surface area (Å²) >= 11 is 1.39. The third-order valence-electron chi connectivity index (χ3n) is 2.77. The minimum atomic E-state index is -0.569. The van der Waals surface area contributed by atoms with Gasteiger partial charge in [-0.05, 0) is 19.1 Å². The molecule has 3 aromatic rings. The summed E-state index contributed by atoms with van der Waals surface area (Å²) in [4.78, 5) is 22.8. The van der Waals surface area contributed by atoms with Crippen LogP contribution in [0.1, 0.15) is 6.92 Å². The first-order valence-electron chi connectivity index (χ1n) is 6.44. The quantitative estimate of drug-likeness (QED) is 0.569. The topological polar surface area (TPSA) is 103 Å². The fraction of sp³-hybridized carbons (Fsp3) is 0.154. The van der Waals surface area contributed by atoms with Crippen molar-refractivity contribution in [2.75, 3.05) is 11.9 Å². The van der Waals surface area contributed by atoms with E-state index in [4.69, 9.17) is 4.74 Å². The van der Waals surface area contributed by atoms with Crippen LogP contribution in [0.2, 0.25) is 0 Å². The van der Waals surface area contributed by atoms with Gasteiger partial charge in [-0.1, -0.05) is 23.5 Å². The number of nitrogens with one attached hydrogen (secondary N) is 1. The van der Waals surface area contributed by atoms with Gasteiger partial charge >= 0.3 is 5.69 Å². The highest BCUT2D eigenvalue weighted by Gasteiger charge is 2.25. The number of para-hydroxylation sites is 1. The predicted octanol–water partition coefficient (Wildman–Crippen LogP) is 3.14. The molecule has 112 valence electrons. The highest BCUT2D eigenvalue weighted by molar-refractivity contribution is 7.22. The van der Waals surface area contributed by atoms with Crippen LogP contribution < -0.4 is 10.1 Å². The van der Waals surface area contributed by atoms with Gasteiger partial charge in [0, 0.05) is 0 Å². The maximum absolute atomic E-state index is 11.3. The van der Waals surface area contributed by atoms with Crippen LogP contribution >= 0.6 is 11.3 Å². The Kier molecular flexibility index (Phi) is 3.79. The maximum atomic E-state index is 11.3. The van der Waals surface area contributed by atoms with E-state index in [1.54, 1.807) is 6.92 Å². The normalized spacial score (nSPS) is 10.6. The Hall–Kier alpha value is -2.81. The summed E-state index contributed by atoms with van der Waals surface area (Å²) in [6, 6.07) is 7.59. The summed E-state index contributed by atoms with van der Waals surface area (Å²) in [7, 11) is 0. The fourth-order valence-electron chi connectivity index (χ4n) is 1.89. The second-order valence-corrected chi connectivity index (χ2v) is 5.21. The van der Waals surface area contributed by atoms with Crippen LogP contribution in [0.5, 0.6) is 5.88 Å². The van der Waals surface area contributed by atoms with Crippen LogP contribution in [0.4, 0.5) is 16.6 Å². The highest BCUT2D eigenvalue weighted by atomic mass is 32.1. The molecule has 0 saturated carbocycles. The van der Waals surface area contributed by atoms with Crippen molar-refractivity contribution in [1.29, 1.82) is 0 Å². The predicted molar refractivity (Wildman–Crippen MR) is 82.8 cm³/mol. The van der Waals surface area contributed by atoms with Gasteiger partial charge in [-0.25, -0.2) is 9.97 Å². The number of nitrogens with zero attached hydrogens (tertiary/aromatic N) is 4. The molecule has 8 nitrogen and oxygen atoms in total. The lowest BCUT2D eigenvalue weighted by Gasteiger charge is -2.06. The van der Waals surface area contributed by atoms with Crippen molar-refractivity contribution in [2.45, 2.75) is 6.92 Å². The second kappa shape index (κ2) is 5.90. The van der Waals surface area contributed by atoms with Gasteiger partial charge in [0.2, 0.25) is 5.82 Å². The average molecular weight is 317 g/mol. The molecule has 2 heterocycles. The van der Waals surface area contributed by atoms with Gasteiger partial charge in [0.25, 0.3) is 5.88 Å². The van der Waals surface area contributed by atoms with Gasteiger partial charge in [-0.2, -0.15) is 4.98 Å². The largest absolute Gasteiger partial charge is 0.473 e. The average Bonchev–Trinajstić information content (AvgIpc) is 2.89. The first-order valence-corrected chi connectivity index (χ1v) is 7.25. The van der Waals surface area contributed by atoms with Crippen molar-refractivity contribution in [2.24, 2.45) is 0 Å². The van der Waals surface area contributed by atoms with E-state index in [1.807, 2.05) is 24.3 Å². The summed E-state index contributed by atoms with van der Waals surface area (Å²) in [5.74, 6) is -0.00591. The van der Waals surface area contributed by atoms with Crippen molar-refractivity contribution >= 4 is 38.2 Å². The van der Waals surface area contributed by atoms with E-state index in [0.717, 1.165) is 10.2 Å². The smallest absolute Gasteiger partial charge is 0.373 e. The summed E-state index contributed by atoms with van der Waals surface area (Å²) < 4.78 is 6.16. The lowest BCUT2D eigenvalue weighted by Crippen LogP contribution is -2.05. The van der Waals surface area contributed by atoms with E-state index in [-0.39, 0.29) is 24.0 Å². The molecule has 0 aliphatic carbocycles. The van der Waals surface area contributed by atoms with E-state index in [2.05, 4.69) is 20.3 Å². The van der Waals surface area contributed by atoms with Crippen LogP contribution in [-0.4, -0.2) is 26.5 Å². The summed E-state index contributed by atoms with van der Waals surface area (Å²) in [5.41, 5.74) is 0.514. The molecule has 2 aromatic heterocycles. The van der Waals surface area contributed by atoms with Gasteiger partial charge in [-0.3, -0.25) is 10.1 Å². The van der Waals surface area contributed by atoms with Gasteiger partial charge in [0.05, 0.1) is 21.7 Å². The number of aromatic nitrogens is 3. The molecular weight excluding hydrogens is 306 g/mol. The zero-order valence-corrected chi connectivity index (χ0v) is 12.3. The Morgan fingerprint density at radius 1 is 1.36 bits per heavy atom. The lowest BCUT2D eigenvalue weighted by atomic mass is 10.3. The molecule has 9 heteroatoms. The van der Waals surface area contributed by atoms with Gasteiger partial charge in [0.15, 0.2) is 5.13 Å². The number of anilines is 2. The summed E-state index contributed by atoms with van der Waals surface area (Å²) in [6.45, 7) is 2.00. The molecule has 0 aliphatic rings. The summed E-state index contributed by atoms with van der Waals surface area (Å²) in [5, 5.41) is 14.7. The Bertz CT molecular complexity index is 802. The Morgan fingerprint density at radius 2 is 2.18 bits per heavy atom. The molecule has 0 atom stereocenters. The molecule has 0 spiro atoms. The van der Waals surface area contributed by atoms with E-state index in [1.165, 1.54) is 17.7 Å². The van der Waals surface area contributed by atoms with Gasteiger partial charge < -0.3 is 10.1 Å². The molecule has 1 aromatic carbocycles. The van der Waals surface area contributed by atoms with Crippen LogP contribution in [0, 0.1) is 10.1 Å². The highest BCUT2D eigenvalue weighted by Crippen LogP contribution is 2.34. The monoisotopic (exact) mass is 317 g/mol. The Labute approximate surface area is 129 Å². The second-order valence-electron chi connectivity index (χ2n) is 4.18. The van der Waals surface area contributed by atoms with Crippen molar-refractivity contribution in [3.8, 4) is 5.88 Å². The number of nitro groups is 1. The number of fused-ring (bicyclic) bond motifs is 1. The Morgan fingerprint density at radius 3 is 2.91 bits per heavy atom. The van der Waals surface area contributed by atoms with Crippen molar-refractivity contribution in [3.05, 3.63) is 40.7 Å². The number of thiazole rings is 1.